The molecule has 2 atom stereocenters. The lowest BCUT2D eigenvalue weighted by Crippen LogP contribution is -2.46. The van der Waals surface area contributed by atoms with Gasteiger partial charge >= 0.3 is 0 Å². The highest BCUT2D eigenvalue weighted by molar-refractivity contribution is 5.93. The van der Waals surface area contributed by atoms with Crippen molar-refractivity contribution in [1.82, 2.24) is 19.9 Å². The van der Waals surface area contributed by atoms with Crippen LogP contribution >= 0.6 is 0 Å². The van der Waals surface area contributed by atoms with Gasteiger partial charge in [0.2, 0.25) is 5.91 Å². The predicted molar refractivity (Wildman–Crippen MR) is 136 cm³/mol. The molecule has 1 aliphatic carbocycles. The molecular weight excluding hydrogens is 468 g/mol. The zero-order chi connectivity index (χ0) is 25.4. The van der Waals surface area contributed by atoms with E-state index in [1.165, 1.54) is 6.33 Å². The molecule has 37 heavy (non-hydrogen) atoms. The third-order valence-electron chi connectivity index (χ3n) is 8.01. The number of hydrogen-bond donors (Lipinski definition) is 1. The Morgan fingerprint density at radius 3 is 2.57 bits per heavy atom. The summed E-state index contributed by atoms with van der Waals surface area (Å²) < 4.78 is 12.0. The normalized spacial score (nSPS) is 22.1. The van der Waals surface area contributed by atoms with Gasteiger partial charge in [-0.1, -0.05) is 24.3 Å². The van der Waals surface area contributed by atoms with E-state index >= 15 is 0 Å². The van der Waals surface area contributed by atoms with E-state index in [4.69, 9.17) is 9.15 Å². The van der Waals surface area contributed by atoms with E-state index in [9.17, 15) is 9.90 Å². The van der Waals surface area contributed by atoms with Crippen LogP contribution in [-0.2, 0) is 20.5 Å². The third-order valence-corrected chi connectivity index (χ3v) is 8.01. The molecule has 8 nitrogen and oxygen atoms in total. The zero-order valence-electron chi connectivity index (χ0n) is 20.8. The fraction of sp³-hybridized carbons (Fsp3) is 0.379. The molecule has 5 heterocycles. The number of furan rings is 1. The SMILES string of the molecule is CC(C)(O)c1cc(-c2ncnc3cc(-c4ccc(C5(C(=O)N6C[C@@H]7C[C@H]6CO7)CC5)cc4)oc23)ccn1. The van der Waals surface area contributed by atoms with Crippen LogP contribution in [-0.4, -0.2) is 56.2 Å². The van der Waals surface area contributed by atoms with E-state index in [0.717, 1.165) is 42.5 Å². The summed E-state index contributed by atoms with van der Waals surface area (Å²) in [4.78, 5) is 28.7. The molecule has 0 radical (unpaired) electrons. The van der Waals surface area contributed by atoms with E-state index < -0.39 is 11.0 Å². The maximum absolute atomic E-state index is 13.5. The zero-order valence-corrected chi connectivity index (χ0v) is 20.8. The number of aromatic nitrogens is 3. The van der Waals surface area contributed by atoms with Crippen LogP contribution in [0.15, 0.2) is 59.4 Å². The number of hydrogen-bond acceptors (Lipinski definition) is 7. The van der Waals surface area contributed by atoms with Gasteiger partial charge in [-0.05, 0) is 50.8 Å². The number of pyridine rings is 1. The van der Waals surface area contributed by atoms with Crippen molar-refractivity contribution in [3.05, 3.63) is 66.2 Å². The van der Waals surface area contributed by atoms with Gasteiger partial charge in [0.15, 0.2) is 5.58 Å². The second-order valence-electron chi connectivity index (χ2n) is 11.0. The third kappa shape index (κ3) is 3.66. The van der Waals surface area contributed by atoms with Crippen molar-refractivity contribution in [3.8, 4) is 22.6 Å². The first kappa shape index (κ1) is 22.6. The van der Waals surface area contributed by atoms with E-state index in [1.54, 1.807) is 20.0 Å². The molecule has 3 aromatic heterocycles. The minimum absolute atomic E-state index is 0.210. The number of carbonyl (C=O) groups is 1. The van der Waals surface area contributed by atoms with Crippen molar-refractivity contribution in [1.29, 1.82) is 0 Å². The van der Waals surface area contributed by atoms with Gasteiger partial charge in [-0.3, -0.25) is 9.78 Å². The summed E-state index contributed by atoms with van der Waals surface area (Å²) in [5.41, 5.74) is 3.79. The number of carbonyl (C=O) groups excluding carboxylic acids is 1. The first-order valence-corrected chi connectivity index (χ1v) is 12.8. The van der Waals surface area contributed by atoms with Gasteiger partial charge < -0.3 is 19.2 Å². The number of ether oxygens (including phenoxy) is 1. The Balaban J connectivity index is 1.19. The van der Waals surface area contributed by atoms with E-state index in [0.29, 0.717) is 34.9 Å². The van der Waals surface area contributed by atoms with Crippen molar-refractivity contribution in [3.63, 3.8) is 0 Å². The second kappa shape index (κ2) is 7.94. The topological polar surface area (TPSA) is 102 Å². The number of fused-ring (bicyclic) bond motifs is 3. The summed E-state index contributed by atoms with van der Waals surface area (Å²) in [5.74, 6) is 0.938. The van der Waals surface area contributed by atoms with Crippen LogP contribution in [0.1, 0.15) is 44.4 Å². The lowest BCUT2D eigenvalue weighted by molar-refractivity contribution is -0.138. The Bertz CT molecular complexity index is 1520. The van der Waals surface area contributed by atoms with Crippen molar-refractivity contribution in [2.24, 2.45) is 0 Å². The van der Waals surface area contributed by atoms with Gasteiger partial charge in [-0.15, -0.1) is 0 Å². The molecule has 1 saturated carbocycles. The molecule has 2 bridgehead atoms. The molecule has 3 aliphatic rings. The van der Waals surface area contributed by atoms with Crippen LogP contribution in [0.5, 0.6) is 0 Å². The lowest BCUT2D eigenvalue weighted by atomic mass is 9.92. The standard InChI is InChI=1S/C29H28N4O4/c1-28(2,35)24-11-18(7-10-30-24)25-26-22(31-16-32-25)13-23(37-26)17-3-5-19(6-4-17)29(8-9-29)27(34)33-14-21-12-20(33)15-36-21/h3-7,10-11,13,16,20-21,35H,8-9,12,14-15H2,1-2H3/t20-,21-/m0/s1. The number of benzene rings is 1. The minimum Gasteiger partial charge on any atom is -0.452 e. The Labute approximate surface area is 214 Å². The predicted octanol–water partition coefficient (Wildman–Crippen LogP) is 4.21. The summed E-state index contributed by atoms with van der Waals surface area (Å²) in [6.45, 7) is 4.79. The molecule has 2 aliphatic heterocycles. The molecule has 0 unspecified atom stereocenters. The van der Waals surface area contributed by atoms with Gasteiger partial charge in [-0.2, -0.15) is 0 Å². The fourth-order valence-electron chi connectivity index (χ4n) is 5.74. The number of rotatable bonds is 5. The van der Waals surface area contributed by atoms with Crippen LogP contribution in [0.2, 0.25) is 0 Å². The number of nitrogens with zero attached hydrogens (tertiary/aromatic N) is 4. The summed E-state index contributed by atoms with van der Waals surface area (Å²) in [7, 11) is 0. The van der Waals surface area contributed by atoms with E-state index in [2.05, 4.69) is 32.0 Å². The van der Waals surface area contributed by atoms with Gasteiger partial charge in [0.25, 0.3) is 0 Å². The molecule has 1 aromatic carbocycles. The second-order valence-corrected chi connectivity index (χ2v) is 11.0. The molecule has 1 N–H and O–H groups in total. The fourth-order valence-corrected chi connectivity index (χ4v) is 5.74. The number of aliphatic hydroxyl groups is 1. The van der Waals surface area contributed by atoms with Crippen LogP contribution in [0.4, 0.5) is 0 Å². The van der Waals surface area contributed by atoms with Crippen molar-refractivity contribution >= 4 is 17.0 Å². The number of morpholine rings is 1. The highest BCUT2D eigenvalue weighted by Gasteiger charge is 2.56. The monoisotopic (exact) mass is 496 g/mol. The lowest BCUT2D eigenvalue weighted by Gasteiger charge is -2.31. The average Bonchev–Trinajstić information content (AvgIpc) is 3.22. The Kier molecular flexibility index (Phi) is 4.84. The smallest absolute Gasteiger partial charge is 0.233 e. The van der Waals surface area contributed by atoms with Crippen LogP contribution in [0.25, 0.3) is 33.7 Å². The van der Waals surface area contributed by atoms with E-state index in [-0.39, 0.29) is 18.1 Å². The largest absolute Gasteiger partial charge is 0.452 e. The summed E-state index contributed by atoms with van der Waals surface area (Å²) in [6.07, 6.45) is 6.14. The Hall–Kier alpha value is -3.62. The highest BCUT2D eigenvalue weighted by atomic mass is 16.5. The Morgan fingerprint density at radius 2 is 1.89 bits per heavy atom. The highest BCUT2D eigenvalue weighted by Crippen LogP contribution is 2.51. The van der Waals surface area contributed by atoms with E-state index in [1.807, 2.05) is 30.3 Å². The molecule has 1 amide bonds. The summed E-state index contributed by atoms with van der Waals surface area (Å²) >= 11 is 0. The molecule has 7 rings (SSSR count). The first-order valence-electron chi connectivity index (χ1n) is 12.8. The van der Waals surface area contributed by atoms with Crippen LogP contribution in [0, 0.1) is 0 Å². The maximum Gasteiger partial charge on any atom is 0.233 e. The summed E-state index contributed by atoms with van der Waals surface area (Å²) in [5, 5.41) is 10.4. The van der Waals surface area contributed by atoms with Crippen LogP contribution in [0.3, 0.4) is 0 Å². The van der Waals surface area contributed by atoms with Crippen molar-refractivity contribution in [2.45, 2.75) is 56.3 Å². The molecule has 2 saturated heterocycles. The average molecular weight is 497 g/mol. The van der Waals surface area contributed by atoms with Gasteiger partial charge in [0.1, 0.15) is 28.9 Å². The molecule has 8 heteroatoms. The van der Waals surface area contributed by atoms with Crippen molar-refractivity contribution < 1.29 is 19.1 Å². The Morgan fingerprint density at radius 1 is 1.08 bits per heavy atom. The molecule has 0 spiro atoms. The number of amides is 1. The molecule has 188 valence electrons. The van der Waals surface area contributed by atoms with Crippen molar-refractivity contribution in [2.75, 3.05) is 13.2 Å². The number of likely N-dealkylation sites (tertiary alicyclic amines) is 1. The molecule has 4 aromatic rings. The van der Waals surface area contributed by atoms with Gasteiger partial charge in [0.05, 0.1) is 29.9 Å². The molecular formula is C29H28N4O4. The minimum atomic E-state index is -1.07. The maximum atomic E-state index is 13.5. The summed E-state index contributed by atoms with van der Waals surface area (Å²) in [6, 6.07) is 14.0. The molecule has 3 fully saturated rings. The van der Waals surface area contributed by atoms with Crippen LogP contribution < -0.4 is 0 Å². The van der Waals surface area contributed by atoms with Gasteiger partial charge in [-0.25, -0.2) is 9.97 Å². The van der Waals surface area contributed by atoms with Gasteiger partial charge in [0, 0.05) is 29.9 Å². The first-order chi connectivity index (χ1) is 17.8. The quantitative estimate of drug-likeness (QED) is 0.442.